The Morgan fingerprint density at radius 1 is 1.42 bits per heavy atom. The van der Waals surface area contributed by atoms with Gasteiger partial charge in [0.2, 0.25) is 5.91 Å². The molecule has 0 bridgehead atoms. The van der Waals surface area contributed by atoms with Crippen LogP contribution in [0.2, 0.25) is 0 Å². The van der Waals surface area contributed by atoms with Gasteiger partial charge in [-0.2, -0.15) is 0 Å². The number of carbonyl (C=O) groups excluding carboxylic acids is 1. The number of carbonyl (C=O) groups is 1. The summed E-state index contributed by atoms with van der Waals surface area (Å²) in [4.78, 5) is 14.9. The Morgan fingerprint density at radius 2 is 2.12 bits per heavy atom. The Morgan fingerprint density at radius 3 is 2.67 bits per heavy atom. The number of likely N-dealkylation sites (N-methyl/N-ethyl adjacent to an activating group) is 1. The minimum atomic E-state index is -0.277. The predicted octanol–water partition coefficient (Wildman–Crippen LogP) is 1.45. The van der Waals surface area contributed by atoms with E-state index in [9.17, 15) is 9.90 Å². The third-order valence-corrected chi connectivity index (χ3v) is 5.03. The number of aliphatic hydroxyl groups excluding tert-OH is 1. The van der Waals surface area contributed by atoms with Crippen LogP contribution in [0.15, 0.2) is 30.3 Å². The van der Waals surface area contributed by atoms with Gasteiger partial charge in [-0.25, -0.2) is 0 Å². The fourth-order valence-electron chi connectivity index (χ4n) is 3.59. The van der Waals surface area contributed by atoms with Gasteiger partial charge in [0.05, 0.1) is 24.7 Å². The number of hydrogen-bond acceptors (Lipinski definition) is 4. The van der Waals surface area contributed by atoms with E-state index in [0.29, 0.717) is 6.42 Å². The number of methoxy groups -OCH3 is 1. The first-order valence-electron chi connectivity index (χ1n) is 8.75. The number of nitrogens with one attached hydrogen (secondary N) is 1. The molecule has 1 saturated heterocycles. The van der Waals surface area contributed by atoms with Crippen LogP contribution in [-0.2, 0) is 16.0 Å². The maximum atomic E-state index is 12.6. The first-order valence-corrected chi connectivity index (χ1v) is 8.75. The summed E-state index contributed by atoms with van der Waals surface area (Å²) in [6.45, 7) is 2.88. The van der Waals surface area contributed by atoms with Crippen molar-refractivity contribution in [2.45, 2.75) is 44.4 Å². The molecule has 1 aromatic rings. The lowest BCUT2D eigenvalue weighted by atomic mass is 9.94. The number of aliphatic hydroxyl groups is 1. The van der Waals surface area contributed by atoms with Crippen molar-refractivity contribution in [2.75, 3.05) is 27.3 Å². The van der Waals surface area contributed by atoms with E-state index in [1.807, 2.05) is 37.3 Å². The van der Waals surface area contributed by atoms with Gasteiger partial charge >= 0.3 is 0 Å². The number of hydrogen-bond donors (Lipinski definition) is 2. The molecule has 2 rings (SSSR count). The normalized spacial score (nSPS) is 22.1. The quantitative estimate of drug-likeness (QED) is 0.755. The van der Waals surface area contributed by atoms with Crippen molar-refractivity contribution in [3.63, 3.8) is 0 Å². The zero-order valence-electron chi connectivity index (χ0n) is 14.9. The monoisotopic (exact) mass is 334 g/mol. The number of amides is 1. The average molecular weight is 334 g/mol. The summed E-state index contributed by atoms with van der Waals surface area (Å²) in [5.41, 5.74) is 1.10. The number of rotatable bonds is 8. The Hall–Kier alpha value is -1.43. The van der Waals surface area contributed by atoms with Gasteiger partial charge < -0.3 is 20.1 Å². The minimum Gasteiger partial charge on any atom is -0.394 e. The maximum Gasteiger partial charge on any atom is 0.225 e. The zero-order valence-corrected chi connectivity index (χ0v) is 14.9. The number of benzene rings is 1. The van der Waals surface area contributed by atoms with E-state index >= 15 is 0 Å². The van der Waals surface area contributed by atoms with Crippen molar-refractivity contribution in [2.24, 2.45) is 5.92 Å². The summed E-state index contributed by atoms with van der Waals surface area (Å²) >= 11 is 0. The second kappa shape index (κ2) is 9.16. The van der Waals surface area contributed by atoms with Crippen molar-refractivity contribution in [3.8, 4) is 0 Å². The maximum absolute atomic E-state index is 12.6. The molecule has 2 N–H and O–H groups in total. The third kappa shape index (κ3) is 4.79. The Kier molecular flexibility index (Phi) is 7.21. The largest absolute Gasteiger partial charge is 0.394 e. The summed E-state index contributed by atoms with van der Waals surface area (Å²) in [6.07, 6.45) is 2.69. The molecular weight excluding hydrogens is 304 g/mol. The van der Waals surface area contributed by atoms with Crippen molar-refractivity contribution in [3.05, 3.63) is 35.9 Å². The lowest BCUT2D eigenvalue weighted by Crippen LogP contribution is -2.49. The summed E-state index contributed by atoms with van der Waals surface area (Å²) in [6, 6.07) is 9.89. The molecule has 1 fully saturated rings. The van der Waals surface area contributed by atoms with Gasteiger partial charge in [-0.1, -0.05) is 37.3 Å². The van der Waals surface area contributed by atoms with E-state index in [1.54, 1.807) is 7.11 Å². The lowest BCUT2D eigenvalue weighted by molar-refractivity contribution is -0.131. The molecule has 134 valence electrons. The average Bonchev–Trinajstić information content (AvgIpc) is 3.01. The molecule has 5 heteroatoms. The van der Waals surface area contributed by atoms with Gasteiger partial charge in [-0.3, -0.25) is 4.79 Å². The second-order valence-corrected chi connectivity index (χ2v) is 6.76. The van der Waals surface area contributed by atoms with Crippen LogP contribution in [0.25, 0.3) is 0 Å². The van der Waals surface area contributed by atoms with E-state index in [0.717, 1.165) is 24.9 Å². The Balaban J connectivity index is 1.95. The van der Waals surface area contributed by atoms with Crippen LogP contribution in [0, 0.1) is 5.92 Å². The fraction of sp³-hybridized carbons (Fsp3) is 0.632. The first-order chi connectivity index (χ1) is 11.6. The molecule has 1 aliphatic rings. The van der Waals surface area contributed by atoms with Gasteiger partial charge in [-0.15, -0.1) is 0 Å². The van der Waals surface area contributed by atoms with Crippen molar-refractivity contribution in [1.29, 1.82) is 0 Å². The van der Waals surface area contributed by atoms with Crippen molar-refractivity contribution >= 4 is 5.91 Å². The van der Waals surface area contributed by atoms with Crippen LogP contribution in [-0.4, -0.2) is 61.4 Å². The number of nitrogens with zero attached hydrogens (tertiary/aromatic N) is 1. The first kappa shape index (κ1) is 18.9. The van der Waals surface area contributed by atoms with Gasteiger partial charge in [0.25, 0.3) is 0 Å². The number of ether oxygens (including phenoxy) is 1. The van der Waals surface area contributed by atoms with Crippen molar-refractivity contribution in [1.82, 2.24) is 10.2 Å². The molecule has 3 unspecified atom stereocenters. The summed E-state index contributed by atoms with van der Waals surface area (Å²) in [5.74, 6) is -0.317. The van der Waals surface area contributed by atoms with Crippen LogP contribution in [0.3, 0.4) is 0 Å². The van der Waals surface area contributed by atoms with Crippen LogP contribution < -0.4 is 5.32 Å². The second-order valence-electron chi connectivity index (χ2n) is 6.76. The molecule has 0 aliphatic carbocycles. The predicted molar refractivity (Wildman–Crippen MR) is 94.8 cm³/mol. The van der Waals surface area contributed by atoms with Crippen LogP contribution >= 0.6 is 0 Å². The fourth-order valence-corrected chi connectivity index (χ4v) is 3.59. The summed E-state index contributed by atoms with van der Waals surface area (Å²) in [5, 5.41) is 12.6. The Labute approximate surface area is 145 Å². The molecule has 0 aromatic heterocycles. The van der Waals surface area contributed by atoms with Crippen LogP contribution in [0.4, 0.5) is 0 Å². The highest BCUT2D eigenvalue weighted by atomic mass is 16.5. The van der Waals surface area contributed by atoms with Gasteiger partial charge in [-0.05, 0) is 38.4 Å². The SMILES string of the molecule is COC(C(C)C(=O)N[C@H](CO)Cc1ccccc1)C1CCCN1C. The third-order valence-electron chi connectivity index (χ3n) is 5.03. The van der Waals surface area contributed by atoms with Gasteiger partial charge in [0.15, 0.2) is 0 Å². The Bertz CT molecular complexity index is 509. The molecule has 24 heavy (non-hydrogen) atoms. The molecule has 1 aromatic carbocycles. The van der Waals surface area contributed by atoms with E-state index in [4.69, 9.17) is 4.74 Å². The van der Waals surface area contributed by atoms with E-state index in [-0.39, 0.29) is 36.6 Å². The standard InChI is InChI=1S/C19H30N2O3/c1-14(18(24-3)17-10-7-11-21(17)2)19(23)20-16(13-22)12-15-8-5-4-6-9-15/h4-6,8-9,14,16-18,22H,7,10-13H2,1-3H3,(H,20,23)/t14?,16-,17?,18?/m0/s1. The molecule has 1 heterocycles. The molecule has 1 aliphatic heterocycles. The molecule has 4 atom stereocenters. The number of likely N-dealkylation sites (tertiary alicyclic amines) is 1. The van der Waals surface area contributed by atoms with Gasteiger partial charge in [0, 0.05) is 13.2 Å². The smallest absolute Gasteiger partial charge is 0.225 e. The molecule has 1 amide bonds. The highest BCUT2D eigenvalue weighted by Crippen LogP contribution is 2.24. The van der Waals surface area contributed by atoms with E-state index in [2.05, 4.69) is 17.3 Å². The highest BCUT2D eigenvalue weighted by molar-refractivity contribution is 5.79. The van der Waals surface area contributed by atoms with Crippen LogP contribution in [0.5, 0.6) is 0 Å². The topological polar surface area (TPSA) is 61.8 Å². The van der Waals surface area contributed by atoms with Gasteiger partial charge in [0.1, 0.15) is 0 Å². The van der Waals surface area contributed by atoms with E-state index < -0.39 is 0 Å². The molecule has 0 radical (unpaired) electrons. The summed E-state index contributed by atoms with van der Waals surface area (Å²) < 4.78 is 5.66. The van der Waals surface area contributed by atoms with Crippen LogP contribution in [0.1, 0.15) is 25.3 Å². The zero-order chi connectivity index (χ0) is 17.5. The lowest BCUT2D eigenvalue weighted by Gasteiger charge is -2.32. The molecule has 0 spiro atoms. The molecule has 5 nitrogen and oxygen atoms in total. The van der Waals surface area contributed by atoms with E-state index in [1.165, 1.54) is 0 Å². The molecule has 0 saturated carbocycles. The minimum absolute atomic E-state index is 0.0582. The molecular formula is C19H30N2O3. The highest BCUT2D eigenvalue weighted by Gasteiger charge is 2.36. The van der Waals surface area contributed by atoms with Crippen molar-refractivity contribution < 1.29 is 14.6 Å². The summed E-state index contributed by atoms with van der Waals surface area (Å²) in [7, 11) is 3.76.